The molecular formula is C26H48O6. The van der Waals surface area contributed by atoms with Crippen LogP contribution in [0.4, 0.5) is 9.59 Å². The molecule has 0 atom stereocenters. The fraction of sp³-hybridized carbons (Fsp3) is 0.923. The normalized spacial score (nSPS) is 18.6. The third kappa shape index (κ3) is 16.2. The minimum Gasteiger partial charge on any atom is -0.434 e. The van der Waals surface area contributed by atoms with Crippen LogP contribution in [0.15, 0.2) is 0 Å². The molecule has 1 fully saturated rings. The first-order valence-electron chi connectivity index (χ1n) is 13.0. The van der Waals surface area contributed by atoms with Crippen LogP contribution >= 0.6 is 0 Å². The summed E-state index contributed by atoms with van der Waals surface area (Å²) in [6.07, 6.45) is 12.7. The Kier molecular flexibility index (Phi) is 16.1. The van der Waals surface area contributed by atoms with Gasteiger partial charge in [-0.3, -0.25) is 0 Å². The molecule has 0 aromatic heterocycles. The third-order valence-electron chi connectivity index (χ3n) is 5.94. The highest BCUT2D eigenvalue weighted by Crippen LogP contribution is 2.24. The van der Waals surface area contributed by atoms with Crippen molar-refractivity contribution in [2.45, 2.75) is 130 Å². The van der Waals surface area contributed by atoms with E-state index in [0.717, 1.165) is 38.0 Å². The maximum atomic E-state index is 11.9. The van der Waals surface area contributed by atoms with Gasteiger partial charge in [0.05, 0.1) is 13.2 Å². The lowest BCUT2D eigenvalue weighted by Gasteiger charge is -2.27. The number of ether oxygens (including phenoxy) is 4. The first-order chi connectivity index (χ1) is 15.4. The minimum atomic E-state index is -0.585. The molecule has 0 heterocycles. The Morgan fingerprint density at radius 2 is 0.938 bits per heavy atom. The third-order valence-corrected chi connectivity index (χ3v) is 5.94. The number of hydrogen-bond donors (Lipinski definition) is 0. The van der Waals surface area contributed by atoms with Crippen molar-refractivity contribution in [1.29, 1.82) is 0 Å². The molecular weight excluding hydrogens is 408 g/mol. The van der Waals surface area contributed by atoms with E-state index in [1.807, 2.05) is 0 Å². The number of hydrogen-bond acceptors (Lipinski definition) is 6. The molecule has 0 aliphatic heterocycles. The van der Waals surface area contributed by atoms with E-state index < -0.39 is 12.3 Å². The van der Waals surface area contributed by atoms with Crippen molar-refractivity contribution in [1.82, 2.24) is 0 Å². The zero-order chi connectivity index (χ0) is 23.6. The standard InChI is InChI=1S/C26H48O6/c1-21(2)13-9-7-5-6-8-11-19-29-25(27)31-23-15-17-24(18-16-23)32-26(28)30-20-12-10-14-22(3)4/h21-24H,5-20H2,1-4H3. The second-order valence-electron chi connectivity index (χ2n) is 10.0. The maximum Gasteiger partial charge on any atom is 0.508 e. The van der Waals surface area contributed by atoms with Crippen LogP contribution in [0.25, 0.3) is 0 Å². The second kappa shape index (κ2) is 18.0. The Balaban J connectivity index is 1.97. The molecule has 6 nitrogen and oxygen atoms in total. The van der Waals surface area contributed by atoms with Gasteiger partial charge in [-0.2, -0.15) is 0 Å². The van der Waals surface area contributed by atoms with E-state index in [9.17, 15) is 9.59 Å². The molecule has 0 spiro atoms. The highest BCUT2D eigenvalue weighted by Gasteiger charge is 2.27. The molecule has 0 bridgehead atoms. The van der Waals surface area contributed by atoms with Crippen LogP contribution < -0.4 is 0 Å². The SMILES string of the molecule is CC(C)CCCCCCCCOC(=O)OC1CCC(OC(=O)OCCCCC(C)C)CC1. The predicted octanol–water partition coefficient (Wildman–Crippen LogP) is 7.82. The van der Waals surface area contributed by atoms with E-state index in [-0.39, 0.29) is 12.2 Å². The zero-order valence-corrected chi connectivity index (χ0v) is 21.1. The summed E-state index contributed by atoms with van der Waals surface area (Å²) in [5.41, 5.74) is 0. The fourth-order valence-electron chi connectivity index (χ4n) is 3.94. The summed E-state index contributed by atoms with van der Waals surface area (Å²) in [5, 5.41) is 0. The number of rotatable bonds is 16. The zero-order valence-electron chi connectivity index (χ0n) is 21.1. The molecule has 0 saturated heterocycles. The quantitative estimate of drug-likeness (QED) is 0.174. The molecule has 0 radical (unpaired) electrons. The molecule has 0 aromatic rings. The maximum absolute atomic E-state index is 11.9. The van der Waals surface area contributed by atoms with E-state index >= 15 is 0 Å². The van der Waals surface area contributed by atoms with Crippen molar-refractivity contribution in [3.8, 4) is 0 Å². The first-order valence-corrected chi connectivity index (χ1v) is 13.0. The van der Waals surface area contributed by atoms with E-state index in [0.29, 0.717) is 44.8 Å². The van der Waals surface area contributed by atoms with Gasteiger partial charge in [-0.05, 0) is 56.8 Å². The van der Waals surface area contributed by atoms with Gasteiger partial charge in [0, 0.05) is 0 Å². The van der Waals surface area contributed by atoms with Gasteiger partial charge in [0.2, 0.25) is 0 Å². The molecule has 0 N–H and O–H groups in total. The van der Waals surface area contributed by atoms with Crippen LogP contribution in [0.1, 0.15) is 118 Å². The van der Waals surface area contributed by atoms with Crippen LogP contribution in [-0.2, 0) is 18.9 Å². The summed E-state index contributed by atoms with van der Waals surface area (Å²) in [4.78, 5) is 23.7. The van der Waals surface area contributed by atoms with Gasteiger partial charge >= 0.3 is 12.3 Å². The van der Waals surface area contributed by atoms with Crippen molar-refractivity contribution in [3.05, 3.63) is 0 Å². The van der Waals surface area contributed by atoms with Gasteiger partial charge < -0.3 is 18.9 Å². The van der Waals surface area contributed by atoms with Crippen molar-refractivity contribution in [3.63, 3.8) is 0 Å². The molecule has 0 unspecified atom stereocenters. The molecule has 188 valence electrons. The van der Waals surface area contributed by atoms with E-state index in [1.54, 1.807) is 0 Å². The summed E-state index contributed by atoms with van der Waals surface area (Å²) >= 11 is 0. The number of carbonyl (C=O) groups is 2. The lowest BCUT2D eigenvalue weighted by Crippen LogP contribution is -2.30. The fourth-order valence-corrected chi connectivity index (χ4v) is 3.94. The van der Waals surface area contributed by atoms with Crippen LogP contribution in [0.3, 0.4) is 0 Å². The average molecular weight is 457 g/mol. The Hall–Kier alpha value is -1.46. The van der Waals surface area contributed by atoms with Crippen LogP contribution in [-0.4, -0.2) is 37.7 Å². The lowest BCUT2D eigenvalue weighted by molar-refractivity contribution is -0.0271. The topological polar surface area (TPSA) is 71.1 Å². The molecule has 32 heavy (non-hydrogen) atoms. The Bertz CT molecular complexity index is 483. The molecule has 0 amide bonds. The molecule has 1 saturated carbocycles. The molecule has 6 heteroatoms. The highest BCUT2D eigenvalue weighted by molar-refractivity contribution is 5.60. The largest absolute Gasteiger partial charge is 0.508 e. The molecule has 1 aliphatic rings. The van der Waals surface area contributed by atoms with Crippen molar-refractivity contribution in [2.75, 3.05) is 13.2 Å². The summed E-state index contributed by atoms with van der Waals surface area (Å²) < 4.78 is 21.1. The molecule has 1 aliphatic carbocycles. The first kappa shape index (κ1) is 28.6. The van der Waals surface area contributed by atoms with Crippen molar-refractivity contribution in [2.24, 2.45) is 11.8 Å². The van der Waals surface area contributed by atoms with Gasteiger partial charge in [-0.15, -0.1) is 0 Å². The Morgan fingerprint density at radius 3 is 1.38 bits per heavy atom. The molecule has 0 aromatic carbocycles. The van der Waals surface area contributed by atoms with Crippen molar-refractivity contribution < 1.29 is 28.5 Å². The predicted molar refractivity (Wildman–Crippen MR) is 127 cm³/mol. The van der Waals surface area contributed by atoms with Gasteiger partial charge in [0.15, 0.2) is 0 Å². The summed E-state index contributed by atoms with van der Waals surface area (Å²) in [5.74, 6) is 1.47. The smallest absolute Gasteiger partial charge is 0.434 e. The van der Waals surface area contributed by atoms with E-state index in [2.05, 4.69) is 27.7 Å². The monoisotopic (exact) mass is 456 g/mol. The lowest BCUT2D eigenvalue weighted by atomic mass is 9.95. The number of carbonyl (C=O) groups excluding carboxylic acids is 2. The van der Waals surface area contributed by atoms with Crippen LogP contribution in [0.2, 0.25) is 0 Å². The summed E-state index contributed by atoms with van der Waals surface area (Å²) in [6, 6.07) is 0. The number of unbranched alkanes of at least 4 members (excludes halogenated alkanes) is 6. The van der Waals surface area contributed by atoms with Crippen LogP contribution in [0.5, 0.6) is 0 Å². The Labute approximate surface area is 196 Å². The van der Waals surface area contributed by atoms with Gasteiger partial charge in [0.25, 0.3) is 0 Å². The van der Waals surface area contributed by atoms with Gasteiger partial charge in [-0.1, -0.05) is 72.6 Å². The van der Waals surface area contributed by atoms with Crippen molar-refractivity contribution >= 4 is 12.3 Å². The van der Waals surface area contributed by atoms with E-state index in [4.69, 9.17) is 18.9 Å². The highest BCUT2D eigenvalue weighted by atomic mass is 16.7. The average Bonchev–Trinajstić information content (AvgIpc) is 2.73. The summed E-state index contributed by atoms with van der Waals surface area (Å²) in [6.45, 7) is 9.74. The van der Waals surface area contributed by atoms with Gasteiger partial charge in [0.1, 0.15) is 12.2 Å². The van der Waals surface area contributed by atoms with E-state index in [1.165, 1.54) is 32.1 Å². The summed E-state index contributed by atoms with van der Waals surface area (Å²) in [7, 11) is 0. The minimum absolute atomic E-state index is 0.157. The second-order valence-corrected chi connectivity index (χ2v) is 10.0. The Morgan fingerprint density at radius 1 is 0.594 bits per heavy atom. The van der Waals surface area contributed by atoms with Gasteiger partial charge in [-0.25, -0.2) is 9.59 Å². The molecule has 1 rings (SSSR count). The van der Waals surface area contributed by atoms with Crippen LogP contribution in [0, 0.1) is 11.8 Å².